The molecular weight excluding hydrogens is 430 g/mol. The lowest BCUT2D eigenvalue weighted by Gasteiger charge is -2.36. The molecule has 0 radical (unpaired) electrons. The Morgan fingerprint density at radius 3 is 2.68 bits per heavy atom. The van der Waals surface area contributed by atoms with E-state index in [1.54, 1.807) is 27.4 Å². The van der Waals surface area contributed by atoms with Crippen LogP contribution in [0.2, 0.25) is 0 Å². The van der Waals surface area contributed by atoms with Crippen LogP contribution in [-0.2, 0) is 16.6 Å². The highest BCUT2D eigenvalue weighted by molar-refractivity contribution is 7.90. The van der Waals surface area contributed by atoms with Crippen LogP contribution in [0.1, 0.15) is 60.3 Å². The van der Waals surface area contributed by atoms with E-state index >= 15 is 0 Å². The molecule has 2 fully saturated rings. The number of nitrogens with zero attached hydrogens (tertiary/aromatic N) is 4. The Balaban J connectivity index is 1.34. The number of hydrogen-bond donors (Lipinski definition) is 0. The third-order valence-electron chi connectivity index (χ3n) is 6.14. The third kappa shape index (κ3) is 3.73. The number of rotatable bonds is 6. The summed E-state index contributed by atoms with van der Waals surface area (Å²) in [6.45, 7) is 1.23. The standard InChI is InChI=1S/C20H22F2N4O4S/c21-17(22)19-24-23-18(30-19)12-4-5-13-10-25(20(27)16(13)9-12)11-14-3-1-2-8-26(14)31(28,29)15-6-7-15/h4-5,9,14-15,17H,1-3,6-8,10-11H2/t14-/m1/s1. The minimum atomic E-state index is -3.31. The van der Waals surface area contributed by atoms with Gasteiger partial charge in [-0.3, -0.25) is 4.79 Å². The lowest BCUT2D eigenvalue weighted by Crippen LogP contribution is -2.50. The highest BCUT2D eigenvalue weighted by Gasteiger charge is 2.44. The normalized spacial score (nSPS) is 22.4. The van der Waals surface area contributed by atoms with Gasteiger partial charge in [-0.1, -0.05) is 12.5 Å². The van der Waals surface area contributed by atoms with Crippen LogP contribution >= 0.6 is 0 Å². The molecule has 3 aliphatic rings. The molecule has 1 aliphatic carbocycles. The molecule has 1 aromatic heterocycles. The molecule has 1 saturated carbocycles. The second kappa shape index (κ2) is 7.63. The van der Waals surface area contributed by atoms with Gasteiger partial charge in [-0.25, -0.2) is 8.42 Å². The van der Waals surface area contributed by atoms with E-state index in [0.717, 1.165) is 24.8 Å². The number of hydrogen-bond acceptors (Lipinski definition) is 6. The van der Waals surface area contributed by atoms with Gasteiger partial charge in [0.25, 0.3) is 11.8 Å². The van der Waals surface area contributed by atoms with Crippen molar-refractivity contribution in [2.24, 2.45) is 0 Å². The molecule has 0 N–H and O–H groups in total. The number of benzene rings is 1. The summed E-state index contributed by atoms with van der Waals surface area (Å²) in [5.74, 6) is -1.05. The van der Waals surface area contributed by atoms with Crippen molar-refractivity contribution in [3.8, 4) is 11.5 Å². The molecule has 166 valence electrons. The Hall–Kier alpha value is -2.40. The van der Waals surface area contributed by atoms with Crippen LogP contribution in [0, 0.1) is 0 Å². The van der Waals surface area contributed by atoms with Gasteiger partial charge in [-0.15, -0.1) is 10.2 Å². The van der Waals surface area contributed by atoms with Crippen molar-refractivity contribution in [2.45, 2.75) is 56.4 Å². The van der Waals surface area contributed by atoms with E-state index in [0.29, 0.717) is 43.6 Å². The number of piperidine rings is 1. The number of halogens is 2. The van der Waals surface area contributed by atoms with Gasteiger partial charge in [-0.2, -0.15) is 13.1 Å². The number of amides is 1. The van der Waals surface area contributed by atoms with Crippen LogP contribution in [0.4, 0.5) is 8.78 Å². The average molecular weight is 452 g/mol. The first-order valence-electron chi connectivity index (χ1n) is 10.4. The molecule has 2 aliphatic heterocycles. The number of carbonyl (C=O) groups excluding carboxylic acids is 1. The highest BCUT2D eigenvalue weighted by atomic mass is 32.2. The van der Waals surface area contributed by atoms with Crippen molar-refractivity contribution in [1.82, 2.24) is 19.4 Å². The van der Waals surface area contributed by atoms with Crippen LogP contribution in [0.15, 0.2) is 22.6 Å². The quantitative estimate of drug-likeness (QED) is 0.669. The molecule has 1 amide bonds. The van der Waals surface area contributed by atoms with E-state index in [9.17, 15) is 22.0 Å². The number of sulfonamides is 1. The van der Waals surface area contributed by atoms with Crippen LogP contribution < -0.4 is 0 Å². The molecule has 0 unspecified atom stereocenters. The summed E-state index contributed by atoms with van der Waals surface area (Å²) in [6, 6.07) is 4.75. The van der Waals surface area contributed by atoms with E-state index < -0.39 is 22.3 Å². The van der Waals surface area contributed by atoms with Gasteiger partial charge in [0, 0.05) is 36.8 Å². The van der Waals surface area contributed by atoms with Crippen LogP contribution in [-0.4, -0.2) is 58.1 Å². The molecule has 2 aromatic rings. The van der Waals surface area contributed by atoms with E-state index in [-0.39, 0.29) is 23.1 Å². The summed E-state index contributed by atoms with van der Waals surface area (Å²) in [7, 11) is -3.31. The van der Waals surface area contributed by atoms with Gasteiger partial charge in [0.1, 0.15) is 0 Å². The number of fused-ring (bicyclic) bond motifs is 1. The van der Waals surface area contributed by atoms with Crippen LogP contribution in [0.5, 0.6) is 0 Å². The maximum Gasteiger partial charge on any atom is 0.314 e. The zero-order valence-electron chi connectivity index (χ0n) is 16.7. The summed E-state index contributed by atoms with van der Waals surface area (Å²) in [5.41, 5.74) is 1.64. The fourth-order valence-electron chi connectivity index (χ4n) is 4.38. The molecule has 1 aromatic carbocycles. The van der Waals surface area contributed by atoms with Crippen LogP contribution in [0.3, 0.4) is 0 Å². The summed E-state index contributed by atoms with van der Waals surface area (Å²) in [6.07, 6.45) is 1.07. The smallest absolute Gasteiger partial charge is 0.314 e. The topological polar surface area (TPSA) is 96.6 Å². The molecule has 0 bridgehead atoms. The average Bonchev–Trinajstić information content (AvgIpc) is 3.43. The molecule has 8 nitrogen and oxygen atoms in total. The van der Waals surface area contributed by atoms with Crippen molar-refractivity contribution in [1.29, 1.82) is 0 Å². The van der Waals surface area contributed by atoms with E-state index in [1.807, 2.05) is 0 Å². The SMILES string of the molecule is O=C1c2cc(-c3nnc(C(F)F)o3)ccc2CN1C[C@H]1CCCCN1S(=O)(=O)C1CC1. The van der Waals surface area contributed by atoms with Gasteiger partial charge in [0.2, 0.25) is 15.9 Å². The minimum Gasteiger partial charge on any atom is -0.415 e. The minimum absolute atomic E-state index is 0.0710. The van der Waals surface area contributed by atoms with Gasteiger partial charge >= 0.3 is 6.43 Å². The Kier molecular flexibility index (Phi) is 5.04. The fourth-order valence-corrected chi connectivity index (χ4v) is 6.47. The van der Waals surface area contributed by atoms with E-state index in [2.05, 4.69) is 10.2 Å². The summed E-state index contributed by atoms with van der Waals surface area (Å²) >= 11 is 0. The molecule has 1 saturated heterocycles. The van der Waals surface area contributed by atoms with Crippen molar-refractivity contribution < 1.29 is 26.4 Å². The lowest BCUT2D eigenvalue weighted by atomic mass is 10.0. The zero-order chi connectivity index (χ0) is 21.8. The monoisotopic (exact) mass is 452 g/mol. The third-order valence-corrected chi connectivity index (χ3v) is 8.59. The largest absolute Gasteiger partial charge is 0.415 e. The van der Waals surface area contributed by atoms with Crippen molar-refractivity contribution in [3.63, 3.8) is 0 Å². The van der Waals surface area contributed by atoms with Crippen LogP contribution in [0.25, 0.3) is 11.5 Å². The van der Waals surface area contributed by atoms with Gasteiger partial charge in [0.05, 0.1) is 5.25 Å². The Labute approximate surface area is 178 Å². The van der Waals surface area contributed by atoms with Crippen molar-refractivity contribution in [2.75, 3.05) is 13.1 Å². The summed E-state index contributed by atoms with van der Waals surface area (Å²) < 4.78 is 57.7. The number of alkyl halides is 2. The second-order valence-electron chi connectivity index (χ2n) is 8.31. The van der Waals surface area contributed by atoms with Gasteiger partial charge < -0.3 is 9.32 Å². The predicted molar refractivity (Wildman–Crippen MR) is 106 cm³/mol. The molecule has 31 heavy (non-hydrogen) atoms. The number of carbonyl (C=O) groups is 1. The lowest BCUT2D eigenvalue weighted by molar-refractivity contribution is 0.0724. The zero-order valence-corrected chi connectivity index (χ0v) is 17.5. The first-order chi connectivity index (χ1) is 14.8. The molecule has 11 heteroatoms. The summed E-state index contributed by atoms with van der Waals surface area (Å²) in [4.78, 5) is 14.7. The predicted octanol–water partition coefficient (Wildman–Crippen LogP) is 2.98. The fraction of sp³-hybridized carbons (Fsp3) is 0.550. The van der Waals surface area contributed by atoms with Crippen molar-refractivity contribution >= 4 is 15.9 Å². The number of aromatic nitrogens is 2. The van der Waals surface area contributed by atoms with Gasteiger partial charge in [-0.05, 0) is 43.4 Å². The maximum absolute atomic E-state index is 13.0. The van der Waals surface area contributed by atoms with Gasteiger partial charge in [0.15, 0.2) is 0 Å². The van der Waals surface area contributed by atoms with Crippen molar-refractivity contribution in [3.05, 3.63) is 35.2 Å². The van der Waals surface area contributed by atoms with E-state index in [1.165, 1.54) is 0 Å². The first-order valence-corrected chi connectivity index (χ1v) is 11.9. The molecular formula is C20H22F2N4O4S. The Morgan fingerprint density at radius 2 is 1.97 bits per heavy atom. The molecule has 3 heterocycles. The highest BCUT2D eigenvalue weighted by Crippen LogP contribution is 2.35. The van der Waals surface area contributed by atoms with E-state index in [4.69, 9.17) is 4.42 Å². The Bertz CT molecular complexity index is 1120. The molecule has 5 rings (SSSR count). The molecule has 0 spiro atoms. The first kappa shape index (κ1) is 20.5. The molecule has 1 atom stereocenters. The second-order valence-corrected chi connectivity index (χ2v) is 10.5. The maximum atomic E-state index is 13.0. The summed E-state index contributed by atoms with van der Waals surface area (Å²) in [5, 5.41) is 6.69. The Morgan fingerprint density at radius 1 is 1.16 bits per heavy atom.